The summed E-state index contributed by atoms with van der Waals surface area (Å²) in [5.41, 5.74) is 5.66. The predicted octanol–water partition coefficient (Wildman–Crippen LogP) is 0.437. The Bertz CT molecular complexity index is 443. The van der Waals surface area contributed by atoms with Crippen LogP contribution in [-0.2, 0) is 14.4 Å². The summed E-state index contributed by atoms with van der Waals surface area (Å²) in [5, 5.41) is 2.87. The Labute approximate surface area is 136 Å². The number of carbonyl (C=O) groups is 3. The van der Waals surface area contributed by atoms with Crippen molar-refractivity contribution in [1.82, 2.24) is 10.2 Å². The fraction of sp³-hybridized carbons (Fsp3) is 0.800. The maximum atomic E-state index is 12.3. The van der Waals surface area contributed by atoms with Gasteiger partial charge >= 0.3 is 0 Å². The number of hydrogen-bond donors (Lipinski definition) is 2. The number of rotatable bonds is 5. The first-order chi connectivity index (χ1) is 10.1. The molecule has 3 unspecified atom stereocenters. The highest BCUT2D eigenvalue weighted by molar-refractivity contribution is 6.07. The zero-order valence-corrected chi connectivity index (χ0v) is 13.4. The first-order valence-electron chi connectivity index (χ1n) is 7.96. The molecule has 124 valence electrons. The number of nitrogens with two attached hydrogens (primary N) is 1. The number of nitrogens with zero attached hydrogens (tertiary/aromatic N) is 1. The van der Waals surface area contributed by atoms with Gasteiger partial charge in [-0.3, -0.25) is 19.3 Å². The van der Waals surface area contributed by atoms with Gasteiger partial charge in [0.05, 0.1) is 11.8 Å². The average Bonchev–Trinajstić information content (AvgIpc) is 3.30. The van der Waals surface area contributed by atoms with Crippen LogP contribution in [0.25, 0.3) is 0 Å². The Morgan fingerprint density at radius 1 is 1.14 bits per heavy atom. The molecule has 3 N–H and O–H groups in total. The van der Waals surface area contributed by atoms with E-state index in [4.69, 9.17) is 5.73 Å². The molecule has 2 aliphatic carbocycles. The highest BCUT2D eigenvalue weighted by atomic mass is 35.5. The minimum absolute atomic E-state index is 0. The number of hydrogen-bond acceptors (Lipinski definition) is 4. The Kier molecular flexibility index (Phi) is 5.45. The Morgan fingerprint density at radius 2 is 1.68 bits per heavy atom. The van der Waals surface area contributed by atoms with Crippen LogP contribution < -0.4 is 11.1 Å². The lowest BCUT2D eigenvalue weighted by molar-refractivity contribution is -0.143. The second kappa shape index (κ2) is 6.96. The van der Waals surface area contributed by atoms with E-state index in [9.17, 15) is 14.4 Å². The van der Waals surface area contributed by atoms with E-state index in [1.54, 1.807) is 0 Å². The molecule has 0 aromatic rings. The monoisotopic (exact) mass is 329 g/mol. The predicted molar refractivity (Wildman–Crippen MR) is 83.1 cm³/mol. The maximum absolute atomic E-state index is 12.3. The number of likely N-dealkylation sites (tertiary alicyclic amines) is 1. The standard InChI is InChI=1S/C15H23N3O3.ClH/c16-7-12(9-5-6-9)17-13(19)8-18-14(20)10-3-1-2-4-11(10)15(18)21;/h9-12H,1-8,16H2,(H,17,19);1H. The lowest BCUT2D eigenvalue weighted by Crippen LogP contribution is -2.47. The molecular formula is C15H24ClN3O3. The average molecular weight is 330 g/mol. The van der Waals surface area contributed by atoms with Crippen LogP contribution in [0.4, 0.5) is 0 Å². The smallest absolute Gasteiger partial charge is 0.240 e. The van der Waals surface area contributed by atoms with Crippen molar-refractivity contribution < 1.29 is 14.4 Å². The van der Waals surface area contributed by atoms with Crippen molar-refractivity contribution in [3.63, 3.8) is 0 Å². The van der Waals surface area contributed by atoms with Crippen LogP contribution in [0.5, 0.6) is 0 Å². The summed E-state index contributed by atoms with van der Waals surface area (Å²) in [6.45, 7) is 0.261. The largest absolute Gasteiger partial charge is 0.350 e. The fourth-order valence-corrected chi connectivity index (χ4v) is 3.65. The molecular weight excluding hydrogens is 306 g/mol. The summed E-state index contributed by atoms with van der Waals surface area (Å²) in [4.78, 5) is 37.8. The van der Waals surface area contributed by atoms with Gasteiger partial charge in [0.2, 0.25) is 17.7 Å². The van der Waals surface area contributed by atoms with E-state index in [2.05, 4.69) is 5.32 Å². The molecule has 22 heavy (non-hydrogen) atoms. The van der Waals surface area contributed by atoms with E-state index >= 15 is 0 Å². The van der Waals surface area contributed by atoms with Gasteiger partial charge in [-0.2, -0.15) is 0 Å². The van der Waals surface area contributed by atoms with E-state index < -0.39 is 0 Å². The number of halogens is 1. The second-order valence-electron chi connectivity index (χ2n) is 6.51. The minimum Gasteiger partial charge on any atom is -0.350 e. The molecule has 3 atom stereocenters. The molecule has 0 radical (unpaired) electrons. The van der Waals surface area contributed by atoms with E-state index in [1.165, 1.54) is 0 Å². The summed E-state index contributed by atoms with van der Waals surface area (Å²) in [5.74, 6) is -0.490. The summed E-state index contributed by atoms with van der Waals surface area (Å²) >= 11 is 0. The van der Waals surface area contributed by atoms with Crippen LogP contribution in [0.3, 0.4) is 0 Å². The van der Waals surface area contributed by atoms with Crippen molar-refractivity contribution in [3.8, 4) is 0 Å². The van der Waals surface area contributed by atoms with Crippen molar-refractivity contribution >= 4 is 30.1 Å². The van der Waals surface area contributed by atoms with Gasteiger partial charge < -0.3 is 11.1 Å². The highest BCUT2D eigenvalue weighted by Crippen LogP contribution is 2.38. The third-order valence-corrected chi connectivity index (χ3v) is 5.03. The second-order valence-corrected chi connectivity index (χ2v) is 6.51. The fourth-order valence-electron chi connectivity index (χ4n) is 3.65. The number of imide groups is 1. The van der Waals surface area contributed by atoms with Crippen molar-refractivity contribution in [2.45, 2.75) is 44.6 Å². The first kappa shape index (κ1) is 17.2. The van der Waals surface area contributed by atoms with Crippen LogP contribution in [-0.4, -0.2) is 41.8 Å². The molecule has 3 fully saturated rings. The van der Waals surface area contributed by atoms with E-state index in [0.717, 1.165) is 43.4 Å². The number of fused-ring (bicyclic) bond motifs is 1. The quantitative estimate of drug-likeness (QED) is 0.716. The zero-order valence-electron chi connectivity index (χ0n) is 12.6. The van der Waals surface area contributed by atoms with Crippen molar-refractivity contribution in [2.24, 2.45) is 23.5 Å². The molecule has 0 bridgehead atoms. The van der Waals surface area contributed by atoms with Gasteiger partial charge in [-0.25, -0.2) is 0 Å². The van der Waals surface area contributed by atoms with E-state index in [-0.39, 0.29) is 54.6 Å². The van der Waals surface area contributed by atoms with Crippen LogP contribution >= 0.6 is 12.4 Å². The van der Waals surface area contributed by atoms with Gasteiger partial charge in [0.25, 0.3) is 0 Å². The van der Waals surface area contributed by atoms with E-state index in [1.807, 2.05) is 0 Å². The Balaban J connectivity index is 0.00000176. The molecule has 0 spiro atoms. The molecule has 3 aliphatic rings. The molecule has 0 aromatic heterocycles. The molecule has 1 saturated heterocycles. The molecule has 7 heteroatoms. The molecule has 6 nitrogen and oxygen atoms in total. The topological polar surface area (TPSA) is 92.5 Å². The lowest BCUT2D eigenvalue weighted by Gasteiger charge is -2.19. The van der Waals surface area contributed by atoms with Crippen molar-refractivity contribution in [3.05, 3.63) is 0 Å². The van der Waals surface area contributed by atoms with Crippen LogP contribution in [0.2, 0.25) is 0 Å². The highest BCUT2D eigenvalue weighted by Gasteiger charge is 2.48. The zero-order chi connectivity index (χ0) is 15.0. The van der Waals surface area contributed by atoms with Gasteiger partial charge in [0.15, 0.2) is 0 Å². The molecule has 1 heterocycles. The molecule has 1 aliphatic heterocycles. The third-order valence-electron chi connectivity index (χ3n) is 5.03. The summed E-state index contributed by atoms with van der Waals surface area (Å²) in [7, 11) is 0. The first-order valence-corrected chi connectivity index (χ1v) is 7.96. The Morgan fingerprint density at radius 3 is 2.14 bits per heavy atom. The van der Waals surface area contributed by atoms with Gasteiger partial charge in [-0.05, 0) is 31.6 Å². The van der Waals surface area contributed by atoms with Gasteiger partial charge in [0, 0.05) is 12.6 Å². The molecule has 3 amide bonds. The number of nitrogens with one attached hydrogen (secondary N) is 1. The number of amides is 3. The summed E-state index contributed by atoms with van der Waals surface area (Å²) in [6.07, 6.45) is 5.73. The third kappa shape index (κ3) is 3.27. The summed E-state index contributed by atoms with van der Waals surface area (Å²) < 4.78 is 0. The number of carbonyl (C=O) groups excluding carboxylic acids is 3. The maximum Gasteiger partial charge on any atom is 0.240 e. The van der Waals surface area contributed by atoms with Crippen LogP contribution in [0, 0.1) is 17.8 Å². The van der Waals surface area contributed by atoms with Gasteiger partial charge in [-0.15, -0.1) is 12.4 Å². The lowest BCUT2D eigenvalue weighted by atomic mass is 9.81. The van der Waals surface area contributed by atoms with Crippen molar-refractivity contribution in [2.75, 3.05) is 13.1 Å². The van der Waals surface area contributed by atoms with Crippen molar-refractivity contribution in [1.29, 1.82) is 0 Å². The molecule has 3 rings (SSSR count). The minimum atomic E-state index is -0.266. The molecule has 2 saturated carbocycles. The van der Waals surface area contributed by atoms with E-state index in [0.29, 0.717) is 12.5 Å². The van der Waals surface area contributed by atoms with Crippen LogP contribution in [0.15, 0.2) is 0 Å². The SMILES string of the molecule is Cl.NCC(NC(=O)CN1C(=O)C2CCCCC2C1=O)C1CC1. The normalized spacial score (nSPS) is 28.9. The molecule has 0 aromatic carbocycles. The summed E-state index contributed by atoms with van der Waals surface area (Å²) in [6, 6.07) is -0.0208. The van der Waals surface area contributed by atoms with Gasteiger partial charge in [0.1, 0.15) is 6.54 Å². The van der Waals surface area contributed by atoms with Gasteiger partial charge in [-0.1, -0.05) is 12.8 Å². The Hall–Kier alpha value is -1.14. The van der Waals surface area contributed by atoms with Crippen LogP contribution in [0.1, 0.15) is 38.5 Å².